The van der Waals surface area contributed by atoms with Crippen LogP contribution in [-0.2, 0) is 54.3 Å². The third-order valence-electron chi connectivity index (χ3n) is 8.61. The van der Waals surface area contributed by atoms with E-state index in [-0.39, 0.29) is 40.6 Å². The SMILES string of the molecule is C.C.COC(=O)c1ccnc(-c2cc(C(=O)OC)ccn2)c1.COC(=O)c1ccnc(-c2cc(C(=O)OC)ccn2)c1.Cc1ccnc(-c2cc(CCC3OCCO3)ccn2)c1.[Ru]. The Hall–Kier alpha value is -6.68. The van der Waals surface area contributed by atoms with Crippen molar-refractivity contribution in [1.29, 1.82) is 0 Å². The number of rotatable bonds is 10. The molecule has 0 aromatic carbocycles. The first-order valence-corrected chi connectivity index (χ1v) is 18.4. The summed E-state index contributed by atoms with van der Waals surface area (Å²) in [4.78, 5) is 71.2. The second kappa shape index (κ2) is 26.6. The Morgan fingerprint density at radius 1 is 0.492 bits per heavy atom. The van der Waals surface area contributed by atoms with E-state index >= 15 is 0 Å². The Morgan fingerprint density at radius 3 is 1.13 bits per heavy atom. The molecule has 0 saturated carbocycles. The summed E-state index contributed by atoms with van der Waals surface area (Å²) in [7, 11) is 5.22. The number of hydrogen-bond donors (Lipinski definition) is 0. The first-order chi connectivity index (χ1) is 29.1. The van der Waals surface area contributed by atoms with Crippen LogP contribution in [0.3, 0.4) is 0 Å². The fourth-order valence-corrected chi connectivity index (χ4v) is 5.57. The van der Waals surface area contributed by atoms with Crippen LogP contribution in [0.15, 0.2) is 110 Å². The zero-order valence-electron chi connectivity index (χ0n) is 33.9. The van der Waals surface area contributed by atoms with Gasteiger partial charge in [0.2, 0.25) is 0 Å². The van der Waals surface area contributed by atoms with Gasteiger partial charge < -0.3 is 28.4 Å². The van der Waals surface area contributed by atoms with E-state index < -0.39 is 23.9 Å². The zero-order chi connectivity index (χ0) is 42.9. The summed E-state index contributed by atoms with van der Waals surface area (Å²) in [6.07, 6.45) is 11.3. The Labute approximate surface area is 379 Å². The van der Waals surface area contributed by atoms with Gasteiger partial charge in [-0.1, -0.05) is 14.9 Å². The van der Waals surface area contributed by atoms with E-state index in [0.717, 1.165) is 24.2 Å². The van der Waals surface area contributed by atoms with Crippen molar-refractivity contribution in [3.63, 3.8) is 0 Å². The van der Waals surface area contributed by atoms with E-state index in [4.69, 9.17) is 9.47 Å². The maximum absolute atomic E-state index is 11.5. The van der Waals surface area contributed by atoms with Crippen molar-refractivity contribution >= 4 is 23.9 Å². The van der Waals surface area contributed by atoms with Crippen molar-refractivity contribution in [2.75, 3.05) is 41.7 Å². The molecule has 0 spiro atoms. The second-order valence-electron chi connectivity index (χ2n) is 12.7. The number of carbonyl (C=O) groups is 4. The van der Waals surface area contributed by atoms with E-state index in [0.29, 0.717) is 58.2 Å². The molecule has 332 valence electrons. The molecule has 6 aromatic rings. The second-order valence-corrected chi connectivity index (χ2v) is 12.7. The largest absolute Gasteiger partial charge is 0.465 e. The predicted molar refractivity (Wildman–Crippen MR) is 230 cm³/mol. The number of carbonyl (C=O) groups excluding carboxylic acids is 4. The van der Waals surface area contributed by atoms with E-state index in [1.807, 2.05) is 24.5 Å². The molecule has 0 amide bonds. The molecule has 7 heterocycles. The Morgan fingerprint density at radius 2 is 0.794 bits per heavy atom. The summed E-state index contributed by atoms with van der Waals surface area (Å²) in [6.45, 7) is 3.47. The zero-order valence-corrected chi connectivity index (χ0v) is 35.7. The number of aryl methyl sites for hydroxylation is 2. The first kappa shape index (κ1) is 52.5. The number of methoxy groups -OCH3 is 4. The minimum atomic E-state index is -0.460. The molecule has 1 fully saturated rings. The minimum absolute atomic E-state index is 0. The van der Waals surface area contributed by atoms with Gasteiger partial charge in [0.15, 0.2) is 6.29 Å². The quantitative estimate of drug-likeness (QED) is 0.0743. The molecule has 6 aromatic heterocycles. The molecule has 1 aliphatic heterocycles. The summed E-state index contributed by atoms with van der Waals surface area (Å²) in [6, 6.07) is 20.5. The minimum Gasteiger partial charge on any atom is -0.465 e. The molecule has 63 heavy (non-hydrogen) atoms. The van der Waals surface area contributed by atoms with Gasteiger partial charge in [-0.2, -0.15) is 0 Å². The van der Waals surface area contributed by atoms with Crippen molar-refractivity contribution in [3.05, 3.63) is 143 Å². The van der Waals surface area contributed by atoms with Gasteiger partial charge in [-0.3, -0.25) is 29.9 Å². The number of ether oxygens (including phenoxy) is 6. The van der Waals surface area contributed by atoms with Crippen molar-refractivity contribution in [2.45, 2.75) is 40.9 Å². The van der Waals surface area contributed by atoms with Crippen LogP contribution in [0.2, 0.25) is 0 Å². The summed E-state index contributed by atoms with van der Waals surface area (Å²) in [5, 5.41) is 0. The normalized spacial score (nSPS) is 11.3. The van der Waals surface area contributed by atoms with Gasteiger partial charge in [-0.25, -0.2) is 19.2 Å². The molecule has 1 aliphatic rings. The average molecular weight is 948 g/mol. The van der Waals surface area contributed by atoms with Crippen molar-refractivity contribution in [1.82, 2.24) is 29.9 Å². The Kier molecular flexibility index (Phi) is 22.2. The van der Waals surface area contributed by atoms with E-state index in [9.17, 15) is 19.2 Å². The number of pyridine rings is 6. The van der Waals surface area contributed by atoms with E-state index in [2.05, 4.69) is 67.9 Å². The maximum Gasteiger partial charge on any atom is 0.337 e. The molecule has 17 heteroatoms. The molecule has 0 N–H and O–H groups in total. The van der Waals surface area contributed by atoms with Gasteiger partial charge in [0.05, 0.1) is 98.1 Å². The van der Waals surface area contributed by atoms with Crippen LogP contribution in [0.1, 0.15) is 73.8 Å². The molecular formula is C46H50N6O10Ru. The fraction of sp³-hybridized carbons (Fsp3) is 0.261. The first-order valence-electron chi connectivity index (χ1n) is 18.4. The van der Waals surface area contributed by atoms with Crippen molar-refractivity contribution < 1.29 is 67.1 Å². The Bertz CT molecular complexity index is 2200. The van der Waals surface area contributed by atoms with Gasteiger partial charge in [-0.05, 0) is 97.3 Å². The topological polar surface area (TPSA) is 201 Å². The predicted octanol–water partition coefficient (Wildman–Crippen LogP) is 7.46. The third kappa shape index (κ3) is 15.3. The monoisotopic (exact) mass is 948 g/mol. The number of esters is 4. The van der Waals surface area contributed by atoms with E-state index in [1.54, 1.807) is 48.5 Å². The van der Waals surface area contributed by atoms with Crippen molar-refractivity contribution in [3.8, 4) is 34.2 Å². The summed E-state index contributed by atoms with van der Waals surface area (Å²) < 4.78 is 29.5. The van der Waals surface area contributed by atoms with Crippen LogP contribution in [-0.4, -0.2) is 102 Å². The summed E-state index contributed by atoms with van der Waals surface area (Å²) in [5.74, 6) is -1.84. The molecule has 0 aliphatic carbocycles. The van der Waals surface area contributed by atoms with Crippen LogP contribution >= 0.6 is 0 Å². The molecule has 16 nitrogen and oxygen atoms in total. The van der Waals surface area contributed by atoms with Crippen LogP contribution in [0.4, 0.5) is 0 Å². The standard InChI is InChI=1S/C16H18N2O2.2C14H12N2O4.2CH4.Ru/c1-12-4-6-17-14(10-12)15-11-13(5-7-18-15)2-3-16-19-8-9-20-16;2*1-19-13(17)9-3-5-15-11(7-9)12-8-10(4-6-16-12)14(18)20-2;;;/h4-7,10-11,16H,2-3,8-9H2,1H3;2*3-8H,1-2H3;2*1H4;. The van der Waals surface area contributed by atoms with Crippen LogP contribution < -0.4 is 0 Å². The summed E-state index contributed by atoms with van der Waals surface area (Å²) in [5.41, 5.74) is 7.60. The van der Waals surface area contributed by atoms with Crippen molar-refractivity contribution in [2.24, 2.45) is 0 Å². The number of aromatic nitrogens is 6. The average Bonchev–Trinajstić information content (AvgIpc) is 3.84. The molecule has 0 bridgehead atoms. The number of hydrogen-bond acceptors (Lipinski definition) is 16. The Balaban J connectivity index is 0.000000318. The summed E-state index contributed by atoms with van der Waals surface area (Å²) >= 11 is 0. The van der Waals surface area contributed by atoms with Gasteiger partial charge >= 0.3 is 23.9 Å². The van der Waals surface area contributed by atoms with Gasteiger partial charge in [0.25, 0.3) is 0 Å². The van der Waals surface area contributed by atoms with E-state index in [1.165, 1.54) is 64.4 Å². The maximum atomic E-state index is 11.5. The number of nitrogens with zero attached hydrogens (tertiary/aromatic N) is 6. The van der Waals surface area contributed by atoms with Crippen LogP contribution in [0.25, 0.3) is 34.2 Å². The van der Waals surface area contributed by atoms with Crippen LogP contribution in [0, 0.1) is 6.92 Å². The third-order valence-corrected chi connectivity index (χ3v) is 8.61. The van der Waals surface area contributed by atoms with Gasteiger partial charge in [-0.15, -0.1) is 0 Å². The van der Waals surface area contributed by atoms with Gasteiger partial charge in [0.1, 0.15) is 0 Å². The molecular weight excluding hydrogens is 898 g/mol. The van der Waals surface area contributed by atoms with Gasteiger partial charge in [0, 0.05) is 63.1 Å². The molecule has 0 atom stereocenters. The molecule has 0 unspecified atom stereocenters. The molecule has 0 radical (unpaired) electrons. The molecule has 1 saturated heterocycles. The smallest absolute Gasteiger partial charge is 0.337 e. The van der Waals surface area contributed by atoms with Crippen LogP contribution in [0.5, 0.6) is 0 Å². The fourth-order valence-electron chi connectivity index (χ4n) is 5.57. The molecule has 7 rings (SSSR count).